The minimum absolute atomic E-state index is 0.110. The quantitative estimate of drug-likeness (QED) is 0.807. The summed E-state index contributed by atoms with van der Waals surface area (Å²) >= 11 is 5.88. The van der Waals surface area contributed by atoms with Crippen molar-refractivity contribution < 1.29 is 13.2 Å². The van der Waals surface area contributed by atoms with Gasteiger partial charge in [0.1, 0.15) is 5.15 Å². The minimum atomic E-state index is -3.64. The summed E-state index contributed by atoms with van der Waals surface area (Å²) in [5, 5.41) is -0.0162. The second-order valence-electron chi connectivity index (χ2n) is 4.30. The molecule has 1 aromatic rings. The van der Waals surface area contributed by atoms with Gasteiger partial charge in [0, 0.05) is 33.2 Å². The molecule has 0 bridgehead atoms. The van der Waals surface area contributed by atoms with Gasteiger partial charge >= 0.3 is 0 Å². The molecule has 1 N–H and O–H groups in total. The number of aryl methyl sites for hydroxylation is 1. The Bertz CT molecular complexity index is 525. The Morgan fingerprint density at radius 1 is 1.47 bits per heavy atom. The van der Waals surface area contributed by atoms with Crippen molar-refractivity contribution in [1.29, 1.82) is 0 Å². The fraction of sp³-hybridized carbons (Fsp3) is 0.700. The molecule has 1 aromatic heterocycles. The SMILES string of the molecule is Cn1cnc(S(=O)(=O)NCCN2CCOCC2)c1Cl. The highest BCUT2D eigenvalue weighted by molar-refractivity contribution is 7.89. The summed E-state index contributed by atoms with van der Waals surface area (Å²) < 4.78 is 33.2. The number of nitrogens with one attached hydrogen (secondary N) is 1. The Balaban J connectivity index is 1.89. The van der Waals surface area contributed by atoms with Crippen LogP contribution in [0.4, 0.5) is 0 Å². The van der Waals surface area contributed by atoms with Crippen LogP contribution >= 0.6 is 11.6 Å². The lowest BCUT2D eigenvalue weighted by molar-refractivity contribution is 0.0390. The maximum absolute atomic E-state index is 12.0. The van der Waals surface area contributed by atoms with Crippen LogP contribution in [-0.4, -0.2) is 62.3 Å². The molecule has 0 aromatic carbocycles. The van der Waals surface area contributed by atoms with Crippen LogP contribution in [0.5, 0.6) is 0 Å². The highest BCUT2D eigenvalue weighted by Crippen LogP contribution is 2.17. The van der Waals surface area contributed by atoms with Crippen LogP contribution in [0, 0.1) is 0 Å². The van der Waals surface area contributed by atoms with E-state index in [1.807, 2.05) is 0 Å². The van der Waals surface area contributed by atoms with Gasteiger partial charge in [-0.2, -0.15) is 0 Å². The van der Waals surface area contributed by atoms with Crippen LogP contribution in [0.1, 0.15) is 0 Å². The van der Waals surface area contributed by atoms with Crippen molar-refractivity contribution >= 4 is 21.6 Å². The van der Waals surface area contributed by atoms with E-state index < -0.39 is 10.0 Å². The van der Waals surface area contributed by atoms with Gasteiger partial charge in [0.25, 0.3) is 10.0 Å². The average Bonchev–Trinajstić information content (AvgIpc) is 2.72. The van der Waals surface area contributed by atoms with Gasteiger partial charge in [-0.15, -0.1) is 0 Å². The first-order chi connectivity index (χ1) is 9.00. The summed E-state index contributed by atoms with van der Waals surface area (Å²) in [6.45, 7) is 4.01. The predicted molar refractivity (Wildman–Crippen MR) is 70.7 cm³/mol. The van der Waals surface area contributed by atoms with Crippen LogP contribution in [0.15, 0.2) is 11.4 Å². The van der Waals surface area contributed by atoms with E-state index in [9.17, 15) is 8.42 Å². The van der Waals surface area contributed by atoms with Gasteiger partial charge in [-0.05, 0) is 0 Å². The van der Waals surface area contributed by atoms with E-state index in [4.69, 9.17) is 16.3 Å². The standard InChI is InChI=1S/C10H17ClN4O3S/c1-14-8-12-10(9(14)11)19(16,17)13-2-3-15-4-6-18-7-5-15/h8,13H,2-7H2,1H3. The molecule has 0 spiro atoms. The molecule has 0 radical (unpaired) electrons. The third-order valence-electron chi connectivity index (χ3n) is 2.91. The number of ether oxygens (including phenoxy) is 1. The average molecular weight is 309 g/mol. The van der Waals surface area contributed by atoms with Crippen molar-refractivity contribution in [2.75, 3.05) is 39.4 Å². The third-order valence-corrected chi connectivity index (χ3v) is 4.86. The number of hydrogen-bond acceptors (Lipinski definition) is 5. The van der Waals surface area contributed by atoms with Crippen LogP contribution in [0.2, 0.25) is 5.15 Å². The summed E-state index contributed by atoms with van der Waals surface area (Å²) in [7, 11) is -2.00. The van der Waals surface area contributed by atoms with Gasteiger partial charge in [-0.3, -0.25) is 4.90 Å². The Kier molecular flexibility index (Phi) is 4.80. The molecule has 1 aliphatic rings. The van der Waals surface area contributed by atoms with Gasteiger partial charge in [-0.1, -0.05) is 11.6 Å². The number of aromatic nitrogens is 2. The molecule has 1 fully saturated rings. The van der Waals surface area contributed by atoms with Gasteiger partial charge in [0.05, 0.1) is 19.5 Å². The molecule has 7 nitrogen and oxygen atoms in total. The second-order valence-corrected chi connectivity index (χ2v) is 6.34. The Morgan fingerprint density at radius 2 is 2.16 bits per heavy atom. The highest BCUT2D eigenvalue weighted by Gasteiger charge is 2.22. The molecule has 19 heavy (non-hydrogen) atoms. The fourth-order valence-corrected chi connectivity index (χ4v) is 3.25. The van der Waals surface area contributed by atoms with E-state index >= 15 is 0 Å². The highest BCUT2D eigenvalue weighted by atomic mass is 35.5. The van der Waals surface area contributed by atoms with Crippen LogP contribution in [0.3, 0.4) is 0 Å². The van der Waals surface area contributed by atoms with Gasteiger partial charge < -0.3 is 9.30 Å². The van der Waals surface area contributed by atoms with Crippen LogP contribution < -0.4 is 4.72 Å². The van der Waals surface area contributed by atoms with Gasteiger partial charge in [0.15, 0.2) is 0 Å². The Hall–Kier alpha value is -0.670. The van der Waals surface area contributed by atoms with Crippen LogP contribution in [-0.2, 0) is 21.8 Å². The molecule has 2 rings (SSSR count). The largest absolute Gasteiger partial charge is 0.379 e. The number of nitrogens with zero attached hydrogens (tertiary/aromatic N) is 3. The van der Waals surface area contributed by atoms with Crippen molar-refractivity contribution in [2.45, 2.75) is 5.03 Å². The molecule has 0 unspecified atom stereocenters. The molecule has 0 saturated carbocycles. The molecule has 9 heteroatoms. The lowest BCUT2D eigenvalue weighted by Crippen LogP contribution is -2.41. The van der Waals surface area contributed by atoms with E-state index in [0.717, 1.165) is 13.1 Å². The number of rotatable bonds is 5. The van der Waals surface area contributed by atoms with E-state index in [-0.39, 0.29) is 10.2 Å². The molecular formula is C10H17ClN4O3S. The van der Waals surface area contributed by atoms with Crippen molar-refractivity contribution in [3.8, 4) is 0 Å². The van der Waals surface area contributed by atoms with Crippen LogP contribution in [0.25, 0.3) is 0 Å². The minimum Gasteiger partial charge on any atom is -0.379 e. The maximum Gasteiger partial charge on any atom is 0.261 e. The van der Waals surface area contributed by atoms with Gasteiger partial charge in [-0.25, -0.2) is 18.1 Å². The lowest BCUT2D eigenvalue weighted by Gasteiger charge is -2.26. The molecule has 0 amide bonds. The smallest absolute Gasteiger partial charge is 0.261 e. The molecule has 1 saturated heterocycles. The molecule has 1 aliphatic heterocycles. The summed E-state index contributed by atoms with van der Waals surface area (Å²) in [5.74, 6) is 0. The fourth-order valence-electron chi connectivity index (χ4n) is 1.81. The Labute approximate surface area is 117 Å². The first-order valence-electron chi connectivity index (χ1n) is 5.97. The lowest BCUT2D eigenvalue weighted by atomic mass is 10.4. The molecule has 2 heterocycles. The Morgan fingerprint density at radius 3 is 2.74 bits per heavy atom. The van der Waals surface area contributed by atoms with E-state index in [2.05, 4.69) is 14.6 Å². The van der Waals surface area contributed by atoms with E-state index in [1.54, 1.807) is 7.05 Å². The summed E-state index contributed by atoms with van der Waals surface area (Å²) in [6.07, 6.45) is 1.37. The molecule has 0 atom stereocenters. The summed E-state index contributed by atoms with van der Waals surface area (Å²) in [6, 6.07) is 0. The second kappa shape index (κ2) is 6.19. The summed E-state index contributed by atoms with van der Waals surface area (Å²) in [5.41, 5.74) is 0. The van der Waals surface area contributed by atoms with Crippen molar-refractivity contribution in [1.82, 2.24) is 19.2 Å². The number of sulfonamides is 1. The number of morpholine rings is 1. The van der Waals surface area contributed by atoms with Crippen molar-refractivity contribution in [3.63, 3.8) is 0 Å². The topological polar surface area (TPSA) is 76.5 Å². The number of imidazole rings is 1. The zero-order chi connectivity index (χ0) is 13.9. The monoisotopic (exact) mass is 308 g/mol. The van der Waals surface area contributed by atoms with Crippen molar-refractivity contribution in [3.05, 3.63) is 11.5 Å². The predicted octanol–water partition coefficient (Wildman–Crippen LogP) is -0.316. The number of hydrogen-bond donors (Lipinski definition) is 1. The molecule has 108 valence electrons. The van der Waals surface area contributed by atoms with E-state index in [0.29, 0.717) is 26.3 Å². The number of halogens is 1. The normalized spacial score (nSPS) is 17.8. The first kappa shape index (κ1) is 14.7. The maximum atomic E-state index is 12.0. The zero-order valence-electron chi connectivity index (χ0n) is 10.7. The van der Waals surface area contributed by atoms with Crippen molar-refractivity contribution in [2.24, 2.45) is 7.05 Å². The third kappa shape index (κ3) is 3.67. The first-order valence-corrected chi connectivity index (χ1v) is 7.83. The summed E-state index contributed by atoms with van der Waals surface area (Å²) in [4.78, 5) is 5.94. The zero-order valence-corrected chi connectivity index (χ0v) is 12.2. The van der Waals surface area contributed by atoms with Gasteiger partial charge in [0.2, 0.25) is 5.03 Å². The molecule has 0 aliphatic carbocycles. The molecular weight excluding hydrogens is 292 g/mol. The van der Waals surface area contributed by atoms with E-state index in [1.165, 1.54) is 10.9 Å².